The van der Waals surface area contributed by atoms with Crippen molar-refractivity contribution in [2.75, 3.05) is 14.2 Å². The molecule has 5 heteroatoms. The van der Waals surface area contributed by atoms with E-state index in [1.165, 1.54) is 14.2 Å². The molecular weight excluding hydrogens is 140 g/mol. The molecule has 0 amide bonds. The summed E-state index contributed by atoms with van der Waals surface area (Å²) < 4.78 is 8.08. The van der Waals surface area contributed by atoms with Crippen molar-refractivity contribution in [2.24, 2.45) is 0 Å². The quantitative estimate of drug-likeness (QED) is 0.509. The monoisotopic (exact) mass is 150 g/mol. The van der Waals surface area contributed by atoms with Crippen LogP contribution in [-0.2, 0) is 14.3 Å². The number of rotatable bonds is 0. The fourth-order valence-corrected chi connectivity index (χ4v) is 0.0833. The second-order valence-electron chi connectivity index (χ2n) is 1.18. The van der Waals surface area contributed by atoms with Crippen LogP contribution in [0.2, 0.25) is 0 Å². The first-order chi connectivity index (χ1) is 4.54. The van der Waals surface area contributed by atoms with Crippen LogP contribution in [0, 0.1) is 0 Å². The molecule has 0 unspecified atom stereocenters. The van der Waals surface area contributed by atoms with Crippen molar-refractivity contribution in [3.63, 3.8) is 0 Å². The minimum absolute atomic E-state index is 0.657. The molecule has 0 aliphatic heterocycles. The van der Waals surface area contributed by atoms with Gasteiger partial charge < -0.3 is 14.6 Å². The Hall–Kier alpha value is -1.26. The smallest absolute Gasteiger partial charge is 0.481 e. The van der Waals surface area contributed by atoms with Gasteiger partial charge in [0.15, 0.2) is 0 Å². The SMILES string of the molecule is CC(=O)O.COC(=O)OC. The first-order valence-corrected chi connectivity index (χ1v) is 2.36. The molecule has 0 aliphatic carbocycles. The molecule has 5 nitrogen and oxygen atoms in total. The van der Waals surface area contributed by atoms with Gasteiger partial charge in [-0.2, -0.15) is 0 Å². The molecule has 0 aromatic carbocycles. The number of carboxylic acid groups (broad SMARTS) is 1. The van der Waals surface area contributed by atoms with Crippen LogP contribution in [-0.4, -0.2) is 31.5 Å². The predicted molar refractivity (Wildman–Crippen MR) is 32.7 cm³/mol. The van der Waals surface area contributed by atoms with Crippen LogP contribution < -0.4 is 0 Å². The highest BCUT2D eigenvalue weighted by molar-refractivity contribution is 5.62. The van der Waals surface area contributed by atoms with Crippen molar-refractivity contribution in [3.05, 3.63) is 0 Å². The maximum absolute atomic E-state index is 9.74. The molecule has 0 heterocycles. The Kier molecular flexibility index (Phi) is 8.92. The summed E-state index contributed by atoms with van der Waals surface area (Å²) in [6.45, 7) is 1.08. The van der Waals surface area contributed by atoms with E-state index in [1.54, 1.807) is 0 Å². The summed E-state index contributed by atoms with van der Waals surface area (Å²) in [6.07, 6.45) is -0.657. The molecule has 0 rings (SSSR count). The van der Waals surface area contributed by atoms with Crippen LogP contribution in [0.4, 0.5) is 4.79 Å². The molecule has 0 spiro atoms. The van der Waals surface area contributed by atoms with Crippen LogP contribution in [0.15, 0.2) is 0 Å². The van der Waals surface area contributed by atoms with E-state index in [0.29, 0.717) is 0 Å². The number of hydrogen-bond donors (Lipinski definition) is 1. The second-order valence-corrected chi connectivity index (χ2v) is 1.18. The van der Waals surface area contributed by atoms with E-state index in [2.05, 4.69) is 9.47 Å². The van der Waals surface area contributed by atoms with E-state index in [-0.39, 0.29) is 0 Å². The largest absolute Gasteiger partial charge is 0.507 e. The molecule has 1 N–H and O–H groups in total. The third kappa shape index (κ3) is 29.6. The van der Waals surface area contributed by atoms with E-state index < -0.39 is 12.1 Å². The number of aliphatic carboxylic acids is 1. The van der Waals surface area contributed by atoms with E-state index in [0.717, 1.165) is 6.92 Å². The molecular formula is C5H10O5. The summed E-state index contributed by atoms with van der Waals surface area (Å²) in [5.74, 6) is -0.833. The molecule has 0 aliphatic rings. The van der Waals surface area contributed by atoms with Crippen LogP contribution in [0.5, 0.6) is 0 Å². The predicted octanol–water partition coefficient (Wildman–Crippen LogP) is 0.490. The summed E-state index contributed by atoms with van der Waals surface area (Å²) in [4.78, 5) is 18.7. The molecule has 0 saturated heterocycles. The number of ether oxygens (including phenoxy) is 2. The lowest BCUT2D eigenvalue weighted by Crippen LogP contribution is -1.97. The molecule has 0 atom stereocenters. The minimum Gasteiger partial charge on any atom is -0.481 e. The van der Waals surface area contributed by atoms with Crippen LogP contribution in [0.1, 0.15) is 6.92 Å². The minimum atomic E-state index is -0.833. The van der Waals surface area contributed by atoms with Crippen molar-refractivity contribution >= 4 is 12.1 Å². The lowest BCUT2D eigenvalue weighted by atomic mass is 10.9. The fourth-order valence-electron chi connectivity index (χ4n) is 0.0833. The lowest BCUT2D eigenvalue weighted by molar-refractivity contribution is -0.134. The van der Waals surface area contributed by atoms with Crippen molar-refractivity contribution in [2.45, 2.75) is 6.92 Å². The van der Waals surface area contributed by atoms with Gasteiger partial charge in [0, 0.05) is 6.92 Å². The van der Waals surface area contributed by atoms with Gasteiger partial charge in [-0.15, -0.1) is 0 Å². The molecule has 0 saturated carbocycles. The van der Waals surface area contributed by atoms with Gasteiger partial charge in [0.2, 0.25) is 0 Å². The summed E-state index contributed by atoms with van der Waals surface area (Å²) in [5, 5.41) is 7.42. The third-order valence-electron chi connectivity index (χ3n) is 0.333. The van der Waals surface area contributed by atoms with E-state index in [4.69, 9.17) is 9.90 Å². The number of carbonyl (C=O) groups is 2. The maximum atomic E-state index is 9.74. The van der Waals surface area contributed by atoms with Gasteiger partial charge >= 0.3 is 6.16 Å². The van der Waals surface area contributed by atoms with E-state index in [9.17, 15) is 4.79 Å². The van der Waals surface area contributed by atoms with Gasteiger partial charge in [0.05, 0.1) is 14.2 Å². The summed E-state index contributed by atoms with van der Waals surface area (Å²) >= 11 is 0. The van der Waals surface area contributed by atoms with Crippen molar-refractivity contribution in [1.29, 1.82) is 0 Å². The van der Waals surface area contributed by atoms with Crippen LogP contribution in [0.3, 0.4) is 0 Å². The van der Waals surface area contributed by atoms with Gasteiger partial charge in [0.1, 0.15) is 0 Å². The third-order valence-corrected chi connectivity index (χ3v) is 0.333. The zero-order chi connectivity index (χ0) is 8.57. The van der Waals surface area contributed by atoms with Gasteiger partial charge in [-0.05, 0) is 0 Å². The maximum Gasteiger partial charge on any atom is 0.507 e. The first-order valence-electron chi connectivity index (χ1n) is 2.36. The second kappa shape index (κ2) is 7.74. The molecule has 0 bridgehead atoms. The van der Waals surface area contributed by atoms with Gasteiger partial charge in [-0.3, -0.25) is 4.79 Å². The van der Waals surface area contributed by atoms with E-state index >= 15 is 0 Å². The highest BCUT2D eigenvalue weighted by atomic mass is 16.7. The molecule has 10 heavy (non-hydrogen) atoms. The van der Waals surface area contributed by atoms with Crippen LogP contribution in [0.25, 0.3) is 0 Å². The molecule has 0 aromatic heterocycles. The average Bonchev–Trinajstić information content (AvgIpc) is 1.85. The Balaban J connectivity index is 0. The summed E-state index contributed by atoms with van der Waals surface area (Å²) in [6, 6.07) is 0. The highest BCUT2D eigenvalue weighted by Gasteiger charge is 1.88. The average molecular weight is 150 g/mol. The Bertz CT molecular complexity index is 98.6. The summed E-state index contributed by atoms with van der Waals surface area (Å²) in [7, 11) is 2.51. The Morgan fingerprint density at radius 1 is 1.20 bits per heavy atom. The topological polar surface area (TPSA) is 72.8 Å². The molecule has 0 radical (unpaired) electrons. The zero-order valence-corrected chi connectivity index (χ0v) is 6.08. The number of methoxy groups -OCH3 is 2. The standard InChI is InChI=1S/C3H6O3.C2H4O2/c1-5-3(4)6-2;1-2(3)4/h1-2H3;1H3,(H,3,4). The molecule has 0 aromatic rings. The Morgan fingerprint density at radius 3 is 1.40 bits per heavy atom. The Labute approximate surface area is 58.5 Å². The van der Waals surface area contributed by atoms with E-state index in [1.807, 2.05) is 0 Å². The molecule has 0 fully saturated rings. The fraction of sp³-hybridized carbons (Fsp3) is 0.600. The number of hydrogen-bond acceptors (Lipinski definition) is 4. The normalized spacial score (nSPS) is 6.70. The van der Waals surface area contributed by atoms with Crippen molar-refractivity contribution in [3.8, 4) is 0 Å². The van der Waals surface area contributed by atoms with Gasteiger partial charge in [-0.1, -0.05) is 0 Å². The number of carboxylic acids is 1. The van der Waals surface area contributed by atoms with Crippen molar-refractivity contribution in [1.82, 2.24) is 0 Å². The lowest BCUT2D eigenvalue weighted by Gasteiger charge is -1.89. The molecule has 60 valence electrons. The first kappa shape index (κ1) is 11.5. The Morgan fingerprint density at radius 2 is 1.40 bits per heavy atom. The van der Waals surface area contributed by atoms with Gasteiger partial charge in [-0.25, -0.2) is 4.79 Å². The highest BCUT2D eigenvalue weighted by Crippen LogP contribution is 1.72. The zero-order valence-electron chi connectivity index (χ0n) is 6.08. The van der Waals surface area contributed by atoms with Crippen molar-refractivity contribution < 1.29 is 24.2 Å². The van der Waals surface area contributed by atoms with Crippen LogP contribution >= 0.6 is 0 Å². The number of carbonyl (C=O) groups excluding carboxylic acids is 1. The van der Waals surface area contributed by atoms with Gasteiger partial charge in [0.25, 0.3) is 5.97 Å². The summed E-state index contributed by atoms with van der Waals surface area (Å²) in [5.41, 5.74) is 0.